The Morgan fingerprint density at radius 1 is 1.15 bits per heavy atom. The number of nitrogens with zero attached hydrogens (tertiary/aromatic N) is 2. The number of nitrogens with two attached hydrogens (primary N) is 1. The highest BCUT2D eigenvalue weighted by molar-refractivity contribution is 9.10. The Labute approximate surface area is 131 Å². The molecule has 1 aliphatic heterocycles. The molecular formula is C16H26BrN3. The fraction of sp³-hybridized carbons (Fsp3) is 0.625. The van der Waals surface area contributed by atoms with Crippen LogP contribution in [0.4, 0.5) is 5.69 Å². The number of rotatable bonds is 4. The summed E-state index contributed by atoms with van der Waals surface area (Å²) in [6, 6.07) is 6.62. The molecule has 0 aromatic heterocycles. The van der Waals surface area contributed by atoms with E-state index in [9.17, 15) is 0 Å². The molecule has 1 atom stereocenters. The van der Waals surface area contributed by atoms with Crippen LogP contribution in [0.1, 0.15) is 32.4 Å². The molecule has 20 heavy (non-hydrogen) atoms. The highest BCUT2D eigenvalue weighted by atomic mass is 79.9. The van der Waals surface area contributed by atoms with Crippen LogP contribution in [0.5, 0.6) is 0 Å². The smallest absolute Gasteiger partial charge is 0.0378 e. The summed E-state index contributed by atoms with van der Waals surface area (Å²) >= 11 is 3.64. The Morgan fingerprint density at radius 2 is 1.80 bits per heavy atom. The van der Waals surface area contributed by atoms with E-state index in [0.29, 0.717) is 0 Å². The number of benzene rings is 1. The van der Waals surface area contributed by atoms with Gasteiger partial charge in [-0.2, -0.15) is 0 Å². The molecule has 0 bridgehead atoms. The molecule has 4 heteroatoms. The van der Waals surface area contributed by atoms with Crippen LogP contribution in [0.15, 0.2) is 22.7 Å². The summed E-state index contributed by atoms with van der Waals surface area (Å²) in [7, 11) is 0. The van der Waals surface area contributed by atoms with Gasteiger partial charge in [-0.05, 0) is 30.5 Å². The zero-order chi connectivity index (χ0) is 14.7. The Hall–Kier alpha value is -0.580. The van der Waals surface area contributed by atoms with Crippen molar-refractivity contribution in [2.45, 2.75) is 26.8 Å². The van der Waals surface area contributed by atoms with Crippen molar-refractivity contribution in [3.63, 3.8) is 0 Å². The second-order valence-corrected chi connectivity index (χ2v) is 7.03. The molecular weight excluding hydrogens is 314 g/mol. The maximum atomic E-state index is 5.96. The van der Waals surface area contributed by atoms with Crippen LogP contribution in [-0.4, -0.2) is 37.6 Å². The average molecular weight is 340 g/mol. The molecule has 112 valence electrons. The van der Waals surface area contributed by atoms with E-state index in [1.165, 1.54) is 17.8 Å². The maximum Gasteiger partial charge on any atom is 0.0378 e. The fourth-order valence-corrected chi connectivity index (χ4v) is 3.51. The molecule has 1 aliphatic rings. The minimum atomic E-state index is 0.0707. The largest absolute Gasteiger partial charge is 0.369 e. The summed E-state index contributed by atoms with van der Waals surface area (Å²) in [4.78, 5) is 5.03. The van der Waals surface area contributed by atoms with Gasteiger partial charge in [-0.1, -0.05) is 35.8 Å². The van der Waals surface area contributed by atoms with E-state index < -0.39 is 0 Å². The molecule has 0 radical (unpaired) electrons. The molecule has 1 aromatic rings. The molecule has 3 nitrogen and oxygen atoms in total. The van der Waals surface area contributed by atoms with Gasteiger partial charge in [0.15, 0.2) is 0 Å². The molecule has 1 fully saturated rings. The molecule has 0 saturated carbocycles. The van der Waals surface area contributed by atoms with Gasteiger partial charge >= 0.3 is 0 Å². The van der Waals surface area contributed by atoms with Crippen LogP contribution in [0.3, 0.4) is 0 Å². The van der Waals surface area contributed by atoms with Crippen molar-refractivity contribution in [2.75, 3.05) is 37.6 Å². The first kappa shape index (κ1) is 15.8. The lowest BCUT2D eigenvalue weighted by molar-refractivity contribution is 0.231. The quantitative estimate of drug-likeness (QED) is 0.913. The van der Waals surface area contributed by atoms with Crippen LogP contribution in [-0.2, 0) is 0 Å². The lowest BCUT2D eigenvalue weighted by atomic mass is 10.1. The Morgan fingerprint density at radius 3 is 2.30 bits per heavy atom. The zero-order valence-electron chi connectivity index (χ0n) is 12.8. The number of halogens is 1. The predicted molar refractivity (Wildman–Crippen MR) is 90.2 cm³/mol. The molecule has 1 aromatic carbocycles. The van der Waals surface area contributed by atoms with Crippen molar-refractivity contribution in [3.05, 3.63) is 28.2 Å². The molecule has 0 spiro atoms. The molecule has 2 rings (SSSR count). The van der Waals surface area contributed by atoms with Crippen molar-refractivity contribution in [3.8, 4) is 0 Å². The van der Waals surface area contributed by atoms with E-state index in [0.717, 1.165) is 36.6 Å². The van der Waals surface area contributed by atoms with E-state index in [2.05, 4.69) is 57.8 Å². The van der Waals surface area contributed by atoms with Crippen LogP contribution in [0, 0.1) is 5.92 Å². The molecule has 2 N–H and O–H groups in total. The lowest BCUT2D eigenvalue weighted by Crippen LogP contribution is -2.47. The molecule has 0 unspecified atom stereocenters. The first-order valence-corrected chi connectivity index (χ1v) is 8.29. The monoisotopic (exact) mass is 339 g/mol. The molecule has 0 amide bonds. The lowest BCUT2D eigenvalue weighted by Gasteiger charge is -2.37. The second kappa shape index (κ2) is 6.92. The maximum absolute atomic E-state index is 5.96. The number of hydrogen-bond acceptors (Lipinski definition) is 3. The average Bonchev–Trinajstić information content (AvgIpc) is 2.38. The number of anilines is 1. The van der Waals surface area contributed by atoms with Crippen molar-refractivity contribution >= 4 is 21.6 Å². The highest BCUT2D eigenvalue weighted by Crippen LogP contribution is 2.28. The Kier molecular flexibility index (Phi) is 5.47. The summed E-state index contributed by atoms with van der Waals surface area (Å²) in [6.07, 6.45) is 0. The van der Waals surface area contributed by atoms with Crippen LogP contribution in [0.25, 0.3) is 0 Å². The van der Waals surface area contributed by atoms with Crippen molar-refractivity contribution < 1.29 is 0 Å². The summed E-state index contributed by atoms with van der Waals surface area (Å²) in [5, 5.41) is 0. The number of piperazine rings is 1. The SMILES string of the molecule is CC(C)CN1CCN(c2ccc([C@@H](C)N)c(Br)c2)CC1. The van der Waals surface area contributed by atoms with Gasteiger partial charge in [0, 0.05) is 48.9 Å². The Balaban J connectivity index is 1.98. The summed E-state index contributed by atoms with van der Waals surface area (Å²) < 4.78 is 1.12. The first-order chi connectivity index (χ1) is 9.47. The van der Waals surface area contributed by atoms with Gasteiger partial charge in [-0.3, -0.25) is 4.90 Å². The van der Waals surface area contributed by atoms with Crippen molar-refractivity contribution in [2.24, 2.45) is 11.7 Å². The van der Waals surface area contributed by atoms with Gasteiger partial charge in [-0.15, -0.1) is 0 Å². The number of hydrogen-bond donors (Lipinski definition) is 1. The van der Waals surface area contributed by atoms with E-state index in [1.807, 2.05) is 6.92 Å². The van der Waals surface area contributed by atoms with Gasteiger partial charge in [0.05, 0.1) is 0 Å². The van der Waals surface area contributed by atoms with Crippen LogP contribution >= 0.6 is 15.9 Å². The third-order valence-corrected chi connectivity index (χ3v) is 4.52. The van der Waals surface area contributed by atoms with Crippen molar-refractivity contribution in [1.82, 2.24) is 4.90 Å². The summed E-state index contributed by atoms with van der Waals surface area (Å²) in [6.45, 7) is 12.3. The highest BCUT2D eigenvalue weighted by Gasteiger charge is 2.18. The summed E-state index contributed by atoms with van der Waals surface area (Å²) in [5.41, 5.74) is 8.43. The molecule has 1 saturated heterocycles. The van der Waals surface area contributed by atoms with E-state index in [1.54, 1.807) is 0 Å². The van der Waals surface area contributed by atoms with E-state index >= 15 is 0 Å². The summed E-state index contributed by atoms with van der Waals surface area (Å²) in [5.74, 6) is 0.751. The van der Waals surface area contributed by atoms with E-state index in [4.69, 9.17) is 5.73 Å². The minimum Gasteiger partial charge on any atom is -0.369 e. The predicted octanol–water partition coefficient (Wildman–Crippen LogP) is 3.25. The topological polar surface area (TPSA) is 32.5 Å². The second-order valence-electron chi connectivity index (χ2n) is 6.18. The molecule has 0 aliphatic carbocycles. The van der Waals surface area contributed by atoms with Gasteiger partial charge in [0.25, 0.3) is 0 Å². The van der Waals surface area contributed by atoms with Crippen molar-refractivity contribution in [1.29, 1.82) is 0 Å². The molecule has 1 heterocycles. The van der Waals surface area contributed by atoms with Crippen LogP contribution < -0.4 is 10.6 Å². The van der Waals surface area contributed by atoms with Gasteiger partial charge in [0.2, 0.25) is 0 Å². The van der Waals surface area contributed by atoms with Gasteiger partial charge in [-0.25, -0.2) is 0 Å². The zero-order valence-corrected chi connectivity index (χ0v) is 14.4. The van der Waals surface area contributed by atoms with E-state index in [-0.39, 0.29) is 6.04 Å². The Bertz CT molecular complexity index is 437. The standard InChI is InChI=1S/C16H26BrN3/c1-12(2)11-19-6-8-20(9-7-19)14-4-5-15(13(3)18)16(17)10-14/h4-5,10,12-13H,6-9,11,18H2,1-3H3/t13-/m1/s1. The van der Waals surface area contributed by atoms with Crippen LogP contribution in [0.2, 0.25) is 0 Å². The first-order valence-electron chi connectivity index (χ1n) is 7.49. The van der Waals surface area contributed by atoms with Gasteiger partial charge in [0.1, 0.15) is 0 Å². The fourth-order valence-electron chi connectivity index (χ4n) is 2.79. The third kappa shape index (κ3) is 3.96. The minimum absolute atomic E-state index is 0.0707. The normalized spacial score (nSPS) is 18.6. The van der Waals surface area contributed by atoms with Gasteiger partial charge < -0.3 is 10.6 Å². The third-order valence-electron chi connectivity index (χ3n) is 3.84.